The molecule has 0 saturated carbocycles. The second kappa shape index (κ2) is 7.45. The topological polar surface area (TPSA) is 66.4 Å². The van der Waals surface area contributed by atoms with Crippen LogP contribution in [0.3, 0.4) is 0 Å². The molecular formula is C27H22N3O3+. The van der Waals surface area contributed by atoms with Gasteiger partial charge in [-0.2, -0.15) is 9.13 Å². The van der Waals surface area contributed by atoms with Crippen LogP contribution >= 0.6 is 0 Å². The molecule has 0 aliphatic carbocycles. The molecule has 0 spiro atoms. The molecule has 2 aliphatic heterocycles. The summed E-state index contributed by atoms with van der Waals surface area (Å²) in [6.07, 6.45) is 1.55. The normalized spacial score (nSPS) is 16.7. The van der Waals surface area contributed by atoms with Crippen LogP contribution in [0.4, 0.5) is 0 Å². The molecule has 1 amide bonds. The minimum Gasteiger partial charge on any atom is -0.477 e. The van der Waals surface area contributed by atoms with Gasteiger partial charge in [-0.15, -0.1) is 0 Å². The molecular weight excluding hydrogens is 414 g/mol. The molecule has 33 heavy (non-hydrogen) atoms. The quantitative estimate of drug-likeness (QED) is 0.487. The van der Waals surface area contributed by atoms with Crippen molar-refractivity contribution in [1.29, 1.82) is 0 Å². The average molecular weight is 436 g/mol. The third-order valence-electron chi connectivity index (χ3n) is 6.57. The van der Waals surface area contributed by atoms with Crippen molar-refractivity contribution in [3.05, 3.63) is 107 Å². The second-order valence-corrected chi connectivity index (χ2v) is 8.41. The van der Waals surface area contributed by atoms with E-state index in [4.69, 9.17) is 0 Å². The first-order valence-electron chi connectivity index (χ1n) is 11.1. The first-order chi connectivity index (χ1) is 16.2. The highest BCUT2D eigenvalue weighted by Gasteiger charge is 2.46. The lowest BCUT2D eigenvalue weighted by Crippen LogP contribution is -2.46. The Morgan fingerprint density at radius 2 is 1.52 bits per heavy atom. The highest BCUT2D eigenvalue weighted by Crippen LogP contribution is 2.38. The largest absolute Gasteiger partial charge is 0.477 e. The number of benzene rings is 3. The van der Waals surface area contributed by atoms with Gasteiger partial charge in [-0.3, -0.25) is 4.79 Å². The lowest BCUT2D eigenvalue weighted by atomic mass is 10.1. The van der Waals surface area contributed by atoms with Crippen molar-refractivity contribution in [2.75, 3.05) is 6.54 Å². The van der Waals surface area contributed by atoms with Gasteiger partial charge in [0.05, 0.1) is 5.56 Å². The van der Waals surface area contributed by atoms with E-state index in [1.165, 1.54) is 0 Å². The molecule has 1 unspecified atom stereocenters. The van der Waals surface area contributed by atoms with E-state index in [2.05, 4.69) is 0 Å². The van der Waals surface area contributed by atoms with E-state index < -0.39 is 0 Å². The maximum atomic E-state index is 14.0. The predicted octanol–water partition coefficient (Wildman–Crippen LogP) is 3.78. The highest BCUT2D eigenvalue weighted by atomic mass is 16.3. The van der Waals surface area contributed by atoms with Gasteiger partial charge >= 0.3 is 11.4 Å². The van der Waals surface area contributed by atoms with Gasteiger partial charge in [-0.25, -0.2) is 4.79 Å². The van der Waals surface area contributed by atoms with E-state index in [1.54, 1.807) is 15.2 Å². The van der Waals surface area contributed by atoms with Crippen molar-refractivity contribution >= 4 is 5.91 Å². The summed E-state index contributed by atoms with van der Waals surface area (Å²) in [5, 5.41) is 11.6. The maximum Gasteiger partial charge on any atom is 0.354 e. The molecule has 6 rings (SSSR count). The Labute approximate surface area is 190 Å². The first kappa shape index (κ1) is 19.5. The second-order valence-electron chi connectivity index (χ2n) is 8.41. The smallest absolute Gasteiger partial charge is 0.354 e. The molecule has 0 radical (unpaired) electrons. The summed E-state index contributed by atoms with van der Waals surface area (Å²) in [5.41, 5.74) is 2.30. The van der Waals surface area contributed by atoms with Crippen molar-refractivity contribution < 1.29 is 14.5 Å². The van der Waals surface area contributed by atoms with Gasteiger partial charge in [0.25, 0.3) is 11.7 Å². The zero-order valence-electron chi connectivity index (χ0n) is 17.9. The van der Waals surface area contributed by atoms with Crippen molar-refractivity contribution in [2.24, 2.45) is 0 Å². The molecule has 3 heterocycles. The Morgan fingerprint density at radius 1 is 0.848 bits per heavy atom. The van der Waals surface area contributed by atoms with E-state index in [0.717, 1.165) is 12.8 Å². The molecule has 6 nitrogen and oxygen atoms in total. The van der Waals surface area contributed by atoms with Gasteiger partial charge < -0.3 is 10.0 Å². The number of hydrogen-bond donors (Lipinski definition) is 1. The van der Waals surface area contributed by atoms with Crippen LogP contribution in [0.25, 0.3) is 22.5 Å². The third-order valence-corrected chi connectivity index (χ3v) is 6.57. The molecule has 4 aromatic rings. The SMILES string of the molecule is O=C1c2ccccc2-[n+]2c(O)c(-c3ccccc3)c(=O)n(-c3ccccc3)c2C2CCCN12. The Morgan fingerprint density at radius 3 is 2.27 bits per heavy atom. The summed E-state index contributed by atoms with van der Waals surface area (Å²) >= 11 is 0. The Bertz CT molecular complexity index is 1450. The lowest BCUT2D eigenvalue weighted by molar-refractivity contribution is -0.619. The summed E-state index contributed by atoms with van der Waals surface area (Å²) in [4.78, 5) is 29.4. The summed E-state index contributed by atoms with van der Waals surface area (Å²) in [7, 11) is 0. The first-order valence-corrected chi connectivity index (χ1v) is 11.1. The highest BCUT2D eigenvalue weighted by molar-refractivity contribution is 5.97. The van der Waals surface area contributed by atoms with Crippen molar-refractivity contribution in [1.82, 2.24) is 9.47 Å². The number of aromatic nitrogens is 2. The fourth-order valence-electron chi connectivity index (χ4n) is 5.13. The number of hydrogen-bond acceptors (Lipinski definition) is 3. The summed E-state index contributed by atoms with van der Waals surface area (Å²) < 4.78 is 3.38. The van der Waals surface area contributed by atoms with E-state index >= 15 is 0 Å². The molecule has 3 aromatic carbocycles. The van der Waals surface area contributed by atoms with E-state index in [0.29, 0.717) is 34.9 Å². The Balaban J connectivity index is 1.82. The number of carbonyl (C=O) groups excluding carboxylic acids is 1. The number of amides is 1. The van der Waals surface area contributed by atoms with Gasteiger partial charge in [0.2, 0.25) is 0 Å². The third kappa shape index (κ3) is 2.84. The lowest BCUT2D eigenvalue weighted by Gasteiger charge is -2.22. The van der Waals surface area contributed by atoms with Gasteiger partial charge in [0.1, 0.15) is 17.4 Å². The van der Waals surface area contributed by atoms with Gasteiger partial charge in [0.15, 0.2) is 5.56 Å². The van der Waals surface area contributed by atoms with Gasteiger partial charge in [0, 0.05) is 6.54 Å². The summed E-state index contributed by atoms with van der Waals surface area (Å²) in [5.74, 6) is 0.367. The maximum absolute atomic E-state index is 14.0. The number of fused-ring (bicyclic) bond motifs is 5. The number of carbonyl (C=O) groups is 1. The zero-order chi connectivity index (χ0) is 22.5. The molecule has 2 aliphatic rings. The van der Waals surface area contributed by atoms with Crippen LogP contribution in [0.1, 0.15) is 35.1 Å². The van der Waals surface area contributed by atoms with Crippen molar-refractivity contribution in [3.63, 3.8) is 0 Å². The van der Waals surface area contributed by atoms with E-state index in [9.17, 15) is 14.7 Å². The van der Waals surface area contributed by atoms with Gasteiger partial charge in [-0.1, -0.05) is 60.7 Å². The average Bonchev–Trinajstić information content (AvgIpc) is 3.31. The minimum atomic E-state index is -0.325. The van der Waals surface area contributed by atoms with Crippen LogP contribution in [-0.2, 0) is 0 Å². The van der Waals surface area contributed by atoms with Gasteiger partial charge in [-0.05, 0) is 42.7 Å². The molecule has 1 N–H and O–H groups in total. The Hall–Kier alpha value is -4.19. The number of nitrogens with zero attached hydrogens (tertiary/aromatic N) is 3. The molecule has 162 valence electrons. The van der Waals surface area contributed by atoms with Crippen molar-refractivity contribution in [3.8, 4) is 28.4 Å². The fraction of sp³-hybridized carbons (Fsp3) is 0.148. The van der Waals surface area contributed by atoms with Crippen molar-refractivity contribution in [2.45, 2.75) is 18.9 Å². The molecule has 0 bridgehead atoms. The molecule has 1 atom stereocenters. The molecule has 6 heteroatoms. The zero-order valence-corrected chi connectivity index (χ0v) is 17.9. The monoisotopic (exact) mass is 436 g/mol. The summed E-state index contributed by atoms with van der Waals surface area (Å²) in [6, 6.07) is 25.6. The molecule has 1 saturated heterocycles. The Kier molecular flexibility index (Phi) is 4.40. The number of para-hydroxylation sites is 2. The standard InChI is InChI=1S/C27H21N3O3/c31-25-20-14-7-8-15-21(20)30-24(22-16-9-17-28(22)25)29(19-12-5-2-6-13-19)26(32)23(27(30)33)18-10-3-1-4-11-18/h1-8,10-15,22H,9,16-17H2/p+1. The van der Waals surface area contributed by atoms with E-state index in [-0.39, 0.29) is 29.0 Å². The molecule has 1 fully saturated rings. The number of rotatable bonds is 2. The minimum absolute atomic E-state index is 0.0791. The van der Waals surface area contributed by atoms with Crippen LogP contribution in [0.5, 0.6) is 5.88 Å². The predicted molar refractivity (Wildman–Crippen MR) is 124 cm³/mol. The molecule has 1 aromatic heterocycles. The number of aromatic hydroxyl groups is 1. The van der Waals surface area contributed by atoms with Crippen LogP contribution in [0.15, 0.2) is 89.7 Å². The fourth-order valence-corrected chi connectivity index (χ4v) is 5.13. The van der Waals surface area contributed by atoms with Crippen LogP contribution in [-0.4, -0.2) is 27.0 Å². The van der Waals surface area contributed by atoms with Crippen LogP contribution in [0, 0.1) is 0 Å². The summed E-state index contributed by atoms with van der Waals surface area (Å²) in [6.45, 7) is 0.613. The van der Waals surface area contributed by atoms with E-state index in [1.807, 2.05) is 83.8 Å². The van der Waals surface area contributed by atoms with Crippen LogP contribution < -0.4 is 10.1 Å². The van der Waals surface area contributed by atoms with Crippen LogP contribution in [0.2, 0.25) is 0 Å².